The quantitative estimate of drug-likeness (QED) is 0.820. The number of rotatable bonds is 5. The van der Waals surface area contributed by atoms with E-state index in [1.165, 1.54) is 28.5 Å². The summed E-state index contributed by atoms with van der Waals surface area (Å²) in [5.41, 5.74) is -0.0259. The number of halogens is 1. The Morgan fingerprint density at radius 3 is 2.90 bits per heavy atom. The predicted octanol–water partition coefficient (Wildman–Crippen LogP) is 1.72. The molecule has 0 atom stereocenters. The highest BCUT2D eigenvalue weighted by molar-refractivity contribution is 7.98. The minimum atomic E-state index is -1.30. The molecule has 0 amide bonds. The lowest BCUT2D eigenvalue weighted by molar-refractivity contribution is 0.0692. The summed E-state index contributed by atoms with van der Waals surface area (Å²) >= 11 is 1.28. The second kappa shape index (κ2) is 5.91. The molecule has 0 radical (unpaired) electrons. The maximum atomic E-state index is 13.5. The number of hydrogen-bond acceptors (Lipinski definition) is 4. The summed E-state index contributed by atoms with van der Waals surface area (Å²) in [6, 6.07) is 3.95. The predicted molar refractivity (Wildman–Crippen MR) is 71.4 cm³/mol. The van der Waals surface area contributed by atoms with Gasteiger partial charge in [-0.1, -0.05) is 17.8 Å². The van der Waals surface area contributed by atoms with E-state index >= 15 is 0 Å². The van der Waals surface area contributed by atoms with Gasteiger partial charge >= 0.3 is 11.7 Å². The number of nitrogens with one attached hydrogen (secondary N) is 1. The summed E-state index contributed by atoms with van der Waals surface area (Å²) in [7, 11) is 0. The van der Waals surface area contributed by atoms with Crippen molar-refractivity contribution in [2.24, 2.45) is 0 Å². The van der Waals surface area contributed by atoms with Crippen LogP contribution in [-0.4, -0.2) is 25.8 Å². The van der Waals surface area contributed by atoms with Gasteiger partial charge in [-0.25, -0.2) is 19.1 Å². The Labute approximate surface area is 117 Å². The number of thioether (sulfide) groups is 1. The molecule has 8 heteroatoms. The molecule has 0 spiro atoms. The molecule has 2 N–H and O–H groups in total. The van der Waals surface area contributed by atoms with Crippen molar-refractivity contribution < 1.29 is 14.3 Å². The van der Waals surface area contributed by atoms with Crippen molar-refractivity contribution in [3.8, 4) is 0 Å². The zero-order chi connectivity index (χ0) is 14.7. The van der Waals surface area contributed by atoms with Crippen LogP contribution < -0.4 is 5.69 Å². The maximum absolute atomic E-state index is 13.5. The summed E-state index contributed by atoms with van der Waals surface area (Å²) in [5.74, 6) is -1.68. The summed E-state index contributed by atoms with van der Waals surface area (Å²) in [5, 5.41) is 15.5. The molecular formula is C12H12FN3O3S. The molecule has 0 aliphatic heterocycles. The zero-order valence-electron chi connectivity index (χ0n) is 10.6. The van der Waals surface area contributed by atoms with Crippen LogP contribution in [0.5, 0.6) is 0 Å². The second-order valence-corrected chi connectivity index (χ2v) is 4.91. The number of aromatic amines is 1. The number of carboxylic acids is 1. The average molecular weight is 297 g/mol. The Morgan fingerprint density at radius 2 is 2.30 bits per heavy atom. The van der Waals surface area contributed by atoms with E-state index in [2.05, 4.69) is 10.2 Å². The van der Waals surface area contributed by atoms with Gasteiger partial charge in [0.25, 0.3) is 0 Å². The van der Waals surface area contributed by atoms with Gasteiger partial charge in [0.1, 0.15) is 5.82 Å². The first kappa shape index (κ1) is 14.3. The van der Waals surface area contributed by atoms with Crippen LogP contribution in [0.3, 0.4) is 0 Å². The lowest BCUT2D eigenvalue weighted by atomic mass is 10.1. The maximum Gasteiger partial charge on any atom is 0.343 e. The van der Waals surface area contributed by atoms with Crippen LogP contribution in [0, 0.1) is 5.82 Å². The summed E-state index contributed by atoms with van der Waals surface area (Å²) in [6.45, 7) is 2.31. The van der Waals surface area contributed by atoms with Gasteiger partial charge in [0.2, 0.25) is 0 Å². The highest BCUT2D eigenvalue weighted by atomic mass is 32.2. The fourth-order valence-corrected chi connectivity index (χ4v) is 2.62. The van der Waals surface area contributed by atoms with Crippen molar-refractivity contribution in [1.29, 1.82) is 0 Å². The second-order valence-electron chi connectivity index (χ2n) is 3.96. The average Bonchev–Trinajstić information content (AvgIpc) is 2.76. The van der Waals surface area contributed by atoms with Crippen molar-refractivity contribution >= 4 is 17.7 Å². The molecule has 6 nitrogen and oxygen atoms in total. The van der Waals surface area contributed by atoms with Gasteiger partial charge in [-0.2, -0.15) is 0 Å². The number of benzene rings is 1. The molecule has 0 aliphatic rings. The van der Waals surface area contributed by atoms with E-state index < -0.39 is 11.8 Å². The Hall–Kier alpha value is -2.09. The first-order valence-corrected chi connectivity index (χ1v) is 6.81. The van der Waals surface area contributed by atoms with E-state index in [1.54, 1.807) is 6.07 Å². The molecule has 0 fully saturated rings. The molecule has 0 saturated heterocycles. The van der Waals surface area contributed by atoms with Gasteiger partial charge in [0.15, 0.2) is 5.16 Å². The Kier molecular flexibility index (Phi) is 4.23. The van der Waals surface area contributed by atoms with Crippen LogP contribution in [0.1, 0.15) is 22.8 Å². The zero-order valence-corrected chi connectivity index (χ0v) is 11.4. The number of hydrogen-bond donors (Lipinski definition) is 2. The molecule has 1 aromatic carbocycles. The molecule has 20 heavy (non-hydrogen) atoms. The first-order chi connectivity index (χ1) is 9.52. The number of carboxylic acid groups (broad SMARTS) is 1. The van der Waals surface area contributed by atoms with Crippen LogP contribution in [0.4, 0.5) is 4.39 Å². The van der Waals surface area contributed by atoms with Crippen molar-refractivity contribution in [1.82, 2.24) is 14.8 Å². The fourth-order valence-electron chi connectivity index (χ4n) is 1.66. The van der Waals surface area contributed by atoms with Gasteiger partial charge in [-0.15, -0.1) is 5.10 Å². The standard InChI is InChI=1S/C12H12FN3O3S/c1-2-16-11(19)14-15-12(16)20-6-7-3-4-8(10(17)18)9(13)5-7/h3-5H,2,6H2,1H3,(H,14,19)(H,17,18). The van der Waals surface area contributed by atoms with Crippen LogP contribution in [0.15, 0.2) is 28.2 Å². The largest absolute Gasteiger partial charge is 0.478 e. The van der Waals surface area contributed by atoms with Crippen LogP contribution >= 0.6 is 11.8 Å². The Morgan fingerprint density at radius 1 is 1.55 bits per heavy atom. The van der Waals surface area contributed by atoms with Crippen molar-refractivity contribution in [3.05, 3.63) is 45.6 Å². The molecular weight excluding hydrogens is 285 g/mol. The molecule has 0 aliphatic carbocycles. The van der Waals surface area contributed by atoms with Gasteiger partial charge in [0.05, 0.1) is 5.56 Å². The first-order valence-electron chi connectivity index (χ1n) is 5.82. The lowest BCUT2D eigenvalue weighted by Crippen LogP contribution is -2.16. The van der Waals surface area contributed by atoms with Crippen LogP contribution in [0.25, 0.3) is 0 Å². The van der Waals surface area contributed by atoms with E-state index in [0.29, 0.717) is 23.0 Å². The third-order valence-corrected chi connectivity index (χ3v) is 3.72. The molecule has 0 saturated carbocycles. The SMILES string of the molecule is CCn1c(SCc2ccc(C(=O)O)c(F)c2)n[nH]c1=O. The van der Waals surface area contributed by atoms with E-state index in [4.69, 9.17) is 5.11 Å². The smallest absolute Gasteiger partial charge is 0.343 e. The number of aromatic nitrogens is 3. The third kappa shape index (κ3) is 2.90. The normalized spacial score (nSPS) is 10.7. The van der Waals surface area contributed by atoms with Crippen molar-refractivity contribution in [3.63, 3.8) is 0 Å². The third-order valence-electron chi connectivity index (χ3n) is 2.67. The van der Waals surface area contributed by atoms with E-state index in [-0.39, 0.29) is 11.3 Å². The topological polar surface area (TPSA) is 88.0 Å². The molecule has 0 unspecified atom stereocenters. The number of carbonyl (C=O) groups is 1. The Bertz CT molecular complexity index is 695. The van der Waals surface area contributed by atoms with Crippen molar-refractivity contribution in [2.75, 3.05) is 0 Å². The molecule has 2 aromatic rings. The van der Waals surface area contributed by atoms with E-state index in [1.807, 2.05) is 6.92 Å². The number of H-pyrrole nitrogens is 1. The molecule has 2 rings (SSSR count). The Balaban J connectivity index is 2.13. The molecule has 106 valence electrons. The van der Waals surface area contributed by atoms with Crippen LogP contribution in [0.2, 0.25) is 0 Å². The van der Waals surface area contributed by atoms with E-state index in [9.17, 15) is 14.0 Å². The van der Waals surface area contributed by atoms with Gasteiger partial charge in [-0.3, -0.25) is 4.57 Å². The van der Waals surface area contributed by atoms with Crippen LogP contribution in [-0.2, 0) is 12.3 Å². The highest BCUT2D eigenvalue weighted by Crippen LogP contribution is 2.21. The summed E-state index contributed by atoms with van der Waals surface area (Å²) in [6.07, 6.45) is 0. The van der Waals surface area contributed by atoms with E-state index in [0.717, 1.165) is 0 Å². The van der Waals surface area contributed by atoms with Gasteiger partial charge in [0, 0.05) is 12.3 Å². The summed E-state index contributed by atoms with van der Waals surface area (Å²) in [4.78, 5) is 22.1. The number of aromatic carboxylic acids is 1. The highest BCUT2D eigenvalue weighted by Gasteiger charge is 2.12. The lowest BCUT2D eigenvalue weighted by Gasteiger charge is -2.04. The van der Waals surface area contributed by atoms with Gasteiger partial charge in [-0.05, 0) is 24.6 Å². The minimum absolute atomic E-state index is 0.289. The summed E-state index contributed by atoms with van der Waals surface area (Å²) < 4.78 is 15.0. The molecule has 1 heterocycles. The fraction of sp³-hybridized carbons (Fsp3) is 0.250. The molecule has 0 bridgehead atoms. The van der Waals surface area contributed by atoms with Crippen molar-refractivity contribution in [2.45, 2.75) is 24.4 Å². The van der Waals surface area contributed by atoms with Gasteiger partial charge < -0.3 is 5.11 Å². The minimum Gasteiger partial charge on any atom is -0.478 e. The monoisotopic (exact) mass is 297 g/mol. The number of nitrogens with zero attached hydrogens (tertiary/aromatic N) is 2. The molecule has 1 aromatic heterocycles.